The summed E-state index contributed by atoms with van der Waals surface area (Å²) >= 11 is 0. The number of non-ortho nitro benzene ring substituents is 1. The van der Waals surface area contributed by atoms with Crippen molar-refractivity contribution in [3.8, 4) is 5.69 Å². The summed E-state index contributed by atoms with van der Waals surface area (Å²) in [6.07, 6.45) is 1.66. The second kappa shape index (κ2) is 8.97. The number of carbonyl (C=O) groups excluding carboxylic acids is 1. The zero-order valence-electron chi connectivity index (χ0n) is 17.3. The molecular formula is C22H24N6O3. The number of piperazine rings is 1. The molecule has 0 radical (unpaired) electrons. The summed E-state index contributed by atoms with van der Waals surface area (Å²) in [4.78, 5) is 27.6. The summed E-state index contributed by atoms with van der Waals surface area (Å²) in [7, 11) is 2.12. The normalized spacial score (nSPS) is 14.4. The molecule has 0 atom stereocenters. The lowest BCUT2D eigenvalue weighted by Gasteiger charge is -2.35. The van der Waals surface area contributed by atoms with Crippen LogP contribution < -0.4 is 10.2 Å². The van der Waals surface area contributed by atoms with Gasteiger partial charge >= 0.3 is 0 Å². The molecule has 1 N–H and O–H groups in total. The standard InChI is InChI=1S/C22H24N6O3/c1-25-12-14-26(15-13-25)21-5-3-2-4-17(21)16-23-22(29)20-10-11-27(24-20)18-6-8-19(9-7-18)28(30)31/h2-11H,12-16H2,1H3,(H,23,29). The van der Waals surface area contributed by atoms with Crippen molar-refractivity contribution in [2.45, 2.75) is 6.54 Å². The molecule has 160 valence electrons. The topological polar surface area (TPSA) is 96.5 Å². The minimum atomic E-state index is -0.453. The lowest BCUT2D eigenvalue weighted by atomic mass is 10.1. The van der Waals surface area contributed by atoms with E-state index in [0.717, 1.165) is 37.4 Å². The second-order valence-corrected chi connectivity index (χ2v) is 7.52. The zero-order chi connectivity index (χ0) is 21.8. The largest absolute Gasteiger partial charge is 0.369 e. The molecule has 0 saturated carbocycles. The third-order valence-electron chi connectivity index (χ3n) is 5.42. The molecule has 4 rings (SSSR count). The molecule has 1 aliphatic rings. The fraction of sp³-hybridized carbons (Fsp3) is 0.273. The first-order valence-electron chi connectivity index (χ1n) is 10.1. The quantitative estimate of drug-likeness (QED) is 0.486. The highest BCUT2D eigenvalue weighted by molar-refractivity contribution is 5.92. The molecule has 0 unspecified atom stereocenters. The first-order valence-corrected chi connectivity index (χ1v) is 10.1. The predicted molar refractivity (Wildman–Crippen MR) is 118 cm³/mol. The van der Waals surface area contributed by atoms with Gasteiger partial charge in [-0.1, -0.05) is 18.2 Å². The molecule has 0 bridgehead atoms. The average molecular weight is 420 g/mol. The van der Waals surface area contributed by atoms with E-state index < -0.39 is 4.92 Å². The van der Waals surface area contributed by atoms with Gasteiger partial charge in [0.15, 0.2) is 5.69 Å². The number of rotatable bonds is 6. The van der Waals surface area contributed by atoms with Crippen molar-refractivity contribution in [1.82, 2.24) is 20.0 Å². The van der Waals surface area contributed by atoms with Crippen LogP contribution in [0.15, 0.2) is 60.8 Å². The van der Waals surface area contributed by atoms with E-state index in [1.165, 1.54) is 16.8 Å². The van der Waals surface area contributed by atoms with Gasteiger partial charge in [0.1, 0.15) is 0 Å². The maximum absolute atomic E-state index is 12.6. The average Bonchev–Trinajstić information content (AvgIpc) is 3.29. The molecule has 9 heteroatoms. The summed E-state index contributed by atoms with van der Waals surface area (Å²) in [5.41, 5.74) is 3.15. The van der Waals surface area contributed by atoms with Gasteiger partial charge in [-0.05, 0) is 36.9 Å². The molecule has 0 spiro atoms. The van der Waals surface area contributed by atoms with Gasteiger partial charge < -0.3 is 15.1 Å². The van der Waals surface area contributed by atoms with Gasteiger partial charge in [0.25, 0.3) is 11.6 Å². The number of benzene rings is 2. The Hall–Kier alpha value is -3.72. The van der Waals surface area contributed by atoms with Crippen LogP contribution >= 0.6 is 0 Å². The molecule has 1 amide bonds. The van der Waals surface area contributed by atoms with Gasteiger partial charge in [0, 0.05) is 56.7 Å². The highest BCUT2D eigenvalue weighted by Gasteiger charge is 2.17. The van der Waals surface area contributed by atoms with E-state index in [4.69, 9.17) is 0 Å². The van der Waals surface area contributed by atoms with Crippen molar-refractivity contribution in [3.63, 3.8) is 0 Å². The van der Waals surface area contributed by atoms with Crippen molar-refractivity contribution >= 4 is 17.3 Å². The number of anilines is 1. The van der Waals surface area contributed by atoms with E-state index in [-0.39, 0.29) is 17.3 Å². The number of nitro groups is 1. The van der Waals surface area contributed by atoms with Crippen LogP contribution in [0.25, 0.3) is 5.69 Å². The van der Waals surface area contributed by atoms with Crippen LogP contribution in [0.4, 0.5) is 11.4 Å². The molecule has 0 aliphatic carbocycles. The van der Waals surface area contributed by atoms with Crippen LogP contribution in [0.5, 0.6) is 0 Å². The SMILES string of the molecule is CN1CCN(c2ccccc2CNC(=O)c2ccn(-c3ccc([N+](=O)[O-])cc3)n2)CC1. The Kier molecular flexibility index (Phi) is 5.94. The Morgan fingerprint density at radius 2 is 1.77 bits per heavy atom. The van der Waals surface area contributed by atoms with Gasteiger partial charge in [0.05, 0.1) is 10.6 Å². The van der Waals surface area contributed by atoms with Gasteiger partial charge in [-0.15, -0.1) is 0 Å². The number of likely N-dealkylation sites (N-methyl/N-ethyl adjacent to an activating group) is 1. The monoisotopic (exact) mass is 420 g/mol. The third kappa shape index (κ3) is 4.72. The fourth-order valence-corrected chi connectivity index (χ4v) is 3.60. The van der Waals surface area contributed by atoms with E-state index in [1.807, 2.05) is 18.2 Å². The van der Waals surface area contributed by atoms with E-state index in [1.54, 1.807) is 24.4 Å². The van der Waals surface area contributed by atoms with Crippen LogP contribution in [0, 0.1) is 10.1 Å². The van der Waals surface area contributed by atoms with Gasteiger partial charge in [-0.3, -0.25) is 14.9 Å². The van der Waals surface area contributed by atoms with Crippen LogP contribution in [0.3, 0.4) is 0 Å². The number of hydrogen-bond acceptors (Lipinski definition) is 6. The highest BCUT2D eigenvalue weighted by atomic mass is 16.6. The Labute approximate surface area is 180 Å². The molecule has 31 heavy (non-hydrogen) atoms. The number of amides is 1. The zero-order valence-corrected chi connectivity index (χ0v) is 17.3. The molecule has 2 aromatic carbocycles. The number of carbonyl (C=O) groups is 1. The van der Waals surface area contributed by atoms with Gasteiger partial charge in [0.2, 0.25) is 0 Å². The number of hydrogen-bond donors (Lipinski definition) is 1. The Morgan fingerprint density at radius 1 is 1.06 bits per heavy atom. The maximum Gasteiger partial charge on any atom is 0.272 e. The number of nitro benzene ring substituents is 1. The third-order valence-corrected chi connectivity index (χ3v) is 5.42. The summed E-state index contributed by atoms with van der Waals surface area (Å²) in [6.45, 7) is 4.36. The van der Waals surface area contributed by atoms with E-state index in [9.17, 15) is 14.9 Å². The molecule has 3 aromatic rings. The molecule has 9 nitrogen and oxygen atoms in total. The van der Waals surface area contributed by atoms with Crippen molar-refractivity contribution < 1.29 is 9.72 Å². The molecule has 1 aliphatic heterocycles. The second-order valence-electron chi connectivity index (χ2n) is 7.52. The summed E-state index contributed by atoms with van der Waals surface area (Å²) < 4.78 is 1.52. The minimum Gasteiger partial charge on any atom is -0.369 e. The van der Waals surface area contributed by atoms with Crippen molar-refractivity contribution in [2.24, 2.45) is 0 Å². The molecule has 1 saturated heterocycles. The Balaban J connectivity index is 1.41. The minimum absolute atomic E-state index is 0.00730. The Bertz CT molecular complexity index is 1070. The number of para-hydroxylation sites is 1. The first-order chi connectivity index (χ1) is 15.0. The lowest BCUT2D eigenvalue weighted by molar-refractivity contribution is -0.384. The van der Waals surface area contributed by atoms with E-state index >= 15 is 0 Å². The van der Waals surface area contributed by atoms with Crippen molar-refractivity contribution in [3.05, 3.63) is 82.2 Å². The highest BCUT2D eigenvalue weighted by Crippen LogP contribution is 2.22. The van der Waals surface area contributed by atoms with Crippen LogP contribution in [-0.2, 0) is 6.54 Å². The fourth-order valence-electron chi connectivity index (χ4n) is 3.60. The molecule has 1 aromatic heterocycles. The van der Waals surface area contributed by atoms with Crippen molar-refractivity contribution in [2.75, 3.05) is 38.1 Å². The van der Waals surface area contributed by atoms with Crippen LogP contribution in [0.2, 0.25) is 0 Å². The molecular weight excluding hydrogens is 396 g/mol. The summed E-state index contributed by atoms with van der Waals surface area (Å²) in [5, 5.41) is 18.1. The lowest BCUT2D eigenvalue weighted by Crippen LogP contribution is -2.45. The molecule has 2 heterocycles. The van der Waals surface area contributed by atoms with Gasteiger partial charge in [-0.2, -0.15) is 5.10 Å². The maximum atomic E-state index is 12.6. The van der Waals surface area contributed by atoms with Gasteiger partial charge in [-0.25, -0.2) is 4.68 Å². The van der Waals surface area contributed by atoms with E-state index in [0.29, 0.717) is 12.2 Å². The summed E-state index contributed by atoms with van der Waals surface area (Å²) in [5.74, 6) is -0.270. The number of nitrogens with one attached hydrogen (secondary N) is 1. The smallest absolute Gasteiger partial charge is 0.272 e. The number of nitrogens with zero attached hydrogens (tertiary/aromatic N) is 5. The van der Waals surface area contributed by atoms with E-state index in [2.05, 4.69) is 33.3 Å². The van der Waals surface area contributed by atoms with Crippen LogP contribution in [0.1, 0.15) is 16.1 Å². The van der Waals surface area contributed by atoms with Crippen molar-refractivity contribution in [1.29, 1.82) is 0 Å². The molecule has 1 fully saturated rings. The predicted octanol–water partition coefficient (Wildman–Crippen LogP) is 2.46. The Morgan fingerprint density at radius 3 is 2.48 bits per heavy atom. The number of aromatic nitrogens is 2. The summed E-state index contributed by atoms with van der Waals surface area (Å²) in [6, 6.07) is 15.8. The first kappa shape index (κ1) is 20.5. The van der Waals surface area contributed by atoms with Crippen LogP contribution in [-0.4, -0.2) is 58.7 Å².